The average Bonchev–Trinajstić information content (AvgIpc) is 3.26. The maximum atomic E-state index is 12.7. The molecule has 0 aliphatic heterocycles. The standard InChI is InChI=1S/C22H24N2O6S/c1-16(25)24-21-12-20(8-9-22(21)28-2)31(26,27)23-13-17-5-3-6-18(11-17)14-29-15-19-7-4-10-30-19/h3-12,23H,13-15H2,1-2H3,(H,24,25). The van der Waals surface area contributed by atoms with Gasteiger partial charge < -0.3 is 19.2 Å². The molecule has 31 heavy (non-hydrogen) atoms. The summed E-state index contributed by atoms with van der Waals surface area (Å²) in [7, 11) is -2.36. The van der Waals surface area contributed by atoms with Crippen LogP contribution in [-0.4, -0.2) is 21.4 Å². The van der Waals surface area contributed by atoms with Crippen molar-refractivity contribution in [3.63, 3.8) is 0 Å². The third kappa shape index (κ3) is 6.42. The number of amides is 1. The van der Waals surface area contributed by atoms with Crippen LogP contribution in [0.5, 0.6) is 5.75 Å². The Morgan fingerprint density at radius 1 is 1.03 bits per heavy atom. The Kier molecular flexibility index (Phi) is 7.45. The molecule has 1 heterocycles. The second kappa shape index (κ2) is 10.3. The van der Waals surface area contributed by atoms with Gasteiger partial charge in [0.05, 0.1) is 30.6 Å². The van der Waals surface area contributed by atoms with E-state index in [-0.39, 0.29) is 23.0 Å². The minimum absolute atomic E-state index is 0.0231. The van der Waals surface area contributed by atoms with Crippen LogP contribution in [0.3, 0.4) is 0 Å². The number of benzene rings is 2. The Hall–Kier alpha value is -3.14. The fourth-order valence-corrected chi connectivity index (χ4v) is 3.94. The lowest BCUT2D eigenvalue weighted by atomic mass is 10.1. The molecule has 2 aromatic carbocycles. The molecule has 0 bridgehead atoms. The van der Waals surface area contributed by atoms with Crippen molar-refractivity contribution in [1.29, 1.82) is 0 Å². The molecule has 3 aromatic rings. The van der Waals surface area contributed by atoms with E-state index in [1.165, 1.54) is 32.2 Å². The lowest BCUT2D eigenvalue weighted by Gasteiger charge is -2.12. The third-order valence-electron chi connectivity index (χ3n) is 4.34. The van der Waals surface area contributed by atoms with Gasteiger partial charge in [-0.2, -0.15) is 0 Å². The third-order valence-corrected chi connectivity index (χ3v) is 5.74. The molecule has 3 rings (SSSR count). The Labute approximate surface area is 181 Å². The zero-order chi connectivity index (χ0) is 22.3. The molecule has 0 atom stereocenters. The van der Waals surface area contributed by atoms with E-state index < -0.39 is 10.0 Å². The number of nitrogens with one attached hydrogen (secondary N) is 2. The molecule has 164 valence electrons. The molecule has 0 saturated carbocycles. The van der Waals surface area contributed by atoms with E-state index in [1.807, 2.05) is 30.3 Å². The minimum atomic E-state index is -3.80. The van der Waals surface area contributed by atoms with Crippen molar-refractivity contribution in [2.45, 2.75) is 31.6 Å². The number of rotatable bonds is 10. The molecule has 0 aliphatic carbocycles. The Morgan fingerprint density at radius 2 is 1.84 bits per heavy atom. The minimum Gasteiger partial charge on any atom is -0.495 e. The summed E-state index contributed by atoms with van der Waals surface area (Å²) in [5.74, 6) is 0.783. The van der Waals surface area contributed by atoms with Crippen molar-refractivity contribution in [2.24, 2.45) is 0 Å². The van der Waals surface area contributed by atoms with Crippen LogP contribution in [0.15, 0.2) is 70.2 Å². The average molecular weight is 445 g/mol. The van der Waals surface area contributed by atoms with Gasteiger partial charge in [-0.15, -0.1) is 0 Å². The van der Waals surface area contributed by atoms with Gasteiger partial charge in [0.1, 0.15) is 18.1 Å². The highest BCUT2D eigenvalue weighted by Crippen LogP contribution is 2.27. The Bertz CT molecular complexity index is 1130. The SMILES string of the molecule is COc1ccc(S(=O)(=O)NCc2cccc(COCc3ccco3)c2)cc1NC(C)=O. The number of hydrogen-bond acceptors (Lipinski definition) is 6. The van der Waals surface area contributed by atoms with Gasteiger partial charge >= 0.3 is 0 Å². The van der Waals surface area contributed by atoms with E-state index in [0.717, 1.165) is 16.9 Å². The van der Waals surface area contributed by atoms with E-state index in [1.54, 1.807) is 12.3 Å². The van der Waals surface area contributed by atoms with E-state index in [9.17, 15) is 13.2 Å². The van der Waals surface area contributed by atoms with Crippen molar-refractivity contribution >= 4 is 21.6 Å². The molecule has 1 aromatic heterocycles. The van der Waals surface area contributed by atoms with Crippen LogP contribution in [-0.2, 0) is 39.3 Å². The molecule has 2 N–H and O–H groups in total. The van der Waals surface area contributed by atoms with Crippen molar-refractivity contribution < 1.29 is 27.1 Å². The molecule has 0 fully saturated rings. The first-order chi connectivity index (χ1) is 14.9. The maximum absolute atomic E-state index is 12.7. The number of hydrogen-bond donors (Lipinski definition) is 2. The quantitative estimate of drug-likeness (QED) is 0.496. The molecule has 9 heteroatoms. The van der Waals surface area contributed by atoms with Crippen molar-refractivity contribution in [2.75, 3.05) is 12.4 Å². The second-order valence-electron chi connectivity index (χ2n) is 6.76. The van der Waals surface area contributed by atoms with Gasteiger partial charge in [-0.05, 0) is 41.5 Å². The first-order valence-electron chi connectivity index (χ1n) is 9.50. The molecule has 0 saturated heterocycles. The molecule has 0 spiro atoms. The first kappa shape index (κ1) is 22.5. The highest BCUT2D eigenvalue weighted by atomic mass is 32.2. The number of carbonyl (C=O) groups is 1. The highest BCUT2D eigenvalue weighted by Gasteiger charge is 2.17. The van der Waals surface area contributed by atoms with Crippen molar-refractivity contribution in [3.8, 4) is 5.75 Å². The normalized spacial score (nSPS) is 11.3. The summed E-state index contributed by atoms with van der Waals surface area (Å²) in [6, 6.07) is 15.4. The summed E-state index contributed by atoms with van der Waals surface area (Å²) in [6.07, 6.45) is 1.59. The summed E-state index contributed by atoms with van der Waals surface area (Å²) in [6.45, 7) is 2.18. The van der Waals surface area contributed by atoms with Crippen molar-refractivity contribution in [1.82, 2.24) is 4.72 Å². The van der Waals surface area contributed by atoms with Crippen molar-refractivity contribution in [3.05, 3.63) is 77.7 Å². The van der Waals surface area contributed by atoms with Crippen LogP contribution >= 0.6 is 0 Å². The van der Waals surface area contributed by atoms with E-state index in [4.69, 9.17) is 13.9 Å². The van der Waals surface area contributed by atoms with Gasteiger partial charge in [-0.1, -0.05) is 24.3 Å². The van der Waals surface area contributed by atoms with Crippen LogP contribution < -0.4 is 14.8 Å². The Morgan fingerprint density at radius 3 is 2.55 bits per heavy atom. The lowest BCUT2D eigenvalue weighted by Crippen LogP contribution is -2.23. The summed E-state index contributed by atoms with van der Waals surface area (Å²) >= 11 is 0. The highest BCUT2D eigenvalue weighted by molar-refractivity contribution is 7.89. The first-order valence-corrected chi connectivity index (χ1v) is 11.0. The van der Waals surface area contributed by atoms with Crippen LogP contribution in [0.2, 0.25) is 0 Å². The molecule has 8 nitrogen and oxygen atoms in total. The number of ether oxygens (including phenoxy) is 2. The van der Waals surface area contributed by atoms with Gasteiger partial charge in [-0.25, -0.2) is 13.1 Å². The molecule has 0 radical (unpaired) electrons. The monoisotopic (exact) mass is 444 g/mol. The molecule has 0 unspecified atom stereocenters. The fraction of sp³-hybridized carbons (Fsp3) is 0.227. The molecule has 1 amide bonds. The summed E-state index contributed by atoms with van der Waals surface area (Å²) in [4.78, 5) is 11.4. The molecular formula is C22H24N2O6S. The predicted octanol–water partition coefficient (Wildman–Crippen LogP) is 3.44. The number of methoxy groups -OCH3 is 1. The molecular weight excluding hydrogens is 420 g/mol. The number of carbonyl (C=O) groups excluding carboxylic acids is 1. The van der Waals surface area contributed by atoms with Gasteiger partial charge in [0.15, 0.2) is 0 Å². The largest absolute Gasteiger partial charge is 0.495 e. The number of furan rings is 1. The zero-order valence-electron chi connectivity index (χ0n) is 17.3. The summed E-state index contributed by atoms with van der Waals surface area (Å²) in [5.41, 5.74) is 1.99. The second-order valence-corrected chi connectivity index (χ2v) is 8.53. The Balaban J connectivity index is 1.64. The van der Waals surface area contributed by atoms with Crippen LogP contribution in [0, 0.1) is 0 Å². The van der Waals surface area contributed by atoms with E-state index in [0.29, 0.717) is 19.0 Å². The predicted molar refractivity (Wildman–Crippen MR) is 115 cm³/mol. The van der Waals surface area contributed by atoms with Crippen LogP contribution in [0.1, 0.15) is 23.8 Å². The number of sulfonamides is 1. The smallest absolute Gasteiger partial charge is 0.240 e. The number of anilines is 1. The van der Waals surface area contributed by atoms with Crippen LogP contribution in [0.4, 0.5) is 5.69 Å². The van der Waals surface area contributed by atoms with Gasteiger partial charge in [0.25, 0.3) is 0 Å². The lowest BCUT2D eigenvalue weighted by molar-refractivity contribution is -0.114. The summed E-state index contributed by atoms with van der Waals surface area (Å²) < 4.78 is 44.1. The van der Waals surface area contributed by atoms with E-state index in [2.05, 4.69) is 10.0 Å². The van der Waals surface area contributed by atoms with Gasteiger partial charge in [0, 0.05) is 13.5 Å². The zero-order valence-corrected chi connectivity index (χ0v) is 18.1. The maximum Gasteiger partial charge on any atom is 0.240 e. The molecule has 0 aliphatic rings. The van der Waals surface area contributed by atoms with Crippen LogP contribution in [0.25, 0.3) is 0 Å². The topological polar surface area (TPSA) is 107 Å². The van der Waals surface area contributed by atoms with Gasteiger partial charge in [-0.3, -0.25) is 4.79 Å². The summed E-state index contributed by atoms with van der Waals surface area (Å²) in [5, 5.41) is 2.57. The van der Waals surface area contributed by atoms with Gasteiger partial charge in [0.2, 0.25) is 15.9 Å². The fourth-order valence-electron chi connectivity index (χ4n) is 2.90. The van der Waals surface area contributed by atoms with E-state index >= 15 is 0 Å².